The molecule has 1 N–H and O–H groups in total. The van der Waals surface area contributed by atoms with Crippen LogP contribution in [-0.4, -0.2) is 26.5 Å². The van der Waals surface area contributed by atoms with E-state index in [-0.39, 0.29) is 4.90 Å². The summed E-state index contributed by atoms with van der Waals surface area (Å²) >= 11 is 5.79. The van der Waals surface area contributed by atoms with E-state index in [2.05, 4.69) is 21.5 Å². The summed E-state index contributed by atoms with van der Waals surface area (Å²) in [6, 6.07) is 9.62. The maximum Gasteiger partial charge on any atom is 0.263 e. The molecule has 0 radical (unpaired) electrons. The lowest BCUT2D eigenvalue weighted by molar-refractivity contribution is 0.438. The van der Waals surface area contributed by atoms with Gasteiger partial charge in [0, 0.05) is 18.1 Å². The van der Waals surface area contributed by atoms with Crippen LogP contribution in [0, 0.1) is 5.92 Å². The van der Waals surface area contributed by atoms with Gasteiger partial charge in [-0.15, -0.1) is 0 Å². The van der Waals surface area contributed by atoms with E-state index >= 15 is 0 Å². The van der Waals surface area contributed by atoms with Crippen LogP contribution in [0.2, 0.25) is 5.02 Å². The number of sulfonamides is 1. The van der Waals surface area contributed by atoms with Crippen molar-refractivity contribution in [3.63, 3.8) is 0 Å². The Balaban J connectivity index is 1.70. The number of anilines is 2. The number of aromatic nitrogens is 1. The second kappa shape index (κ2) is 6.99. The number of rotatable bonds is 4. The molecule has 7 heteroatoms. The van der Waals surface area contributed by atoms with E-state index in [9.17, 15) is 8.42 Å². The second-order valence-corrected chi connectivity index (χ2v) is 8.25. The van der Waals surface area contributed by atoms with Crippen molar-refractivity contribution >= 4 is 33.1 Å². The average molecular weight is 366 g/mol. The van der Waals surface area contributed by atoms with Gasteiger partial charge in [0.1, 0.15) is 5.82 Å². The molecule has 2 heterocycles. The quantitative estimate of drug-likeness (QED) is 0.895. The molecule has 1 aromatic heterocycles. The summed E-state index contributed by atoms with van der Waals surface area (Å²) in [5.74, 6) is 1.07. The molecule has 2 aromatic rings. The lowest BCUT2D eigenvalue weighted by Gasteiger charge is -2.31. The Morgan fingerprint density at radius 1 is 1.12 bits per heavy atom. The number of piperidine rings is 1. The van der Waals surface area contributed by atoms with Crippen molar-refractivity contribution in [2.75, 3.05) is 22.7 Å². The van der Waals surface area contributed by atoms with Crippen molar-refractivity contribution in [1.29, 1.82) is 0 Å². The van der Waals surface area contributed by atoms with E-state index in [1.807, 2.05) is 6.07 Å². The first kappa shape index (κ1) is 17.0. The predicted octanol–water partition coefficient (Wildman–Crippen LogP) is 3.77. The lowest BCUT2D eigenvalue weighted by atomic mass is 9.99. The molecule has 5 nitrogen and oxygen atoms in total. The van der Waals surface area contributed by atoms with E-state index in [4.69, 9.17) is 11.6 Å². The predicted molar refractivity (Wildman–Crippen MR) is 97.1 cm³/mol. The standard InChI is InChI=1S/C17H20ClN3O2S/c1-13-8-10-21(11-9-13)15-4-7-17(19-12-15)20-24(22,23)16-5-2-14(18)3-6-16/h2-7,12-13H,8-11H2,1H3,(H,19,20). The Bertz CT molecular complexity index is 784. The third-order valence-corrected chi connectivity index (χ3v) is 5.88. The molecule has 3 rings (SSSR count). The SMILES string of the molecule is CC1CCN(c2ccc(NS(=O)(=O)c3ccc(Cl)cc3)nc2)CC1. The van der Waals surface area contributed by atoms with Gasteiger partial charge >= 0.3 is 0 Å². The van der Waals surface area contributed by atoms with Gasteiger partial charge in [0.05, 0.1) is 16.8 Å². The van der Waals surface area contributed by atoms with Crippen LogP contribution in [0.15, 0.2) is 47.5 Å². The number of halogens is 1. The van der Waals surface area contributed by atoms with Crippen molar-refractivity contribution in [2.45, 2.75) is 24.7 Å². The first-order valence-corrected chi connectivity index (χ1v) is 9.79. The Morgan fingerprint density at radius 3 is 2.38 bits per heavy atom. The minimum absolute atomic E-state index is 0.155. The zero-order chi connectivity index (χ0) is 17.2. The summed E-state index contributed by atoms with van der Waals surface area (Å²) in [5, 5.41) is 0.493. The highest BCUT2D eigenvalue weighted by molar-refractivity contribution is 7.92. The Kier molecular flexibility index (Phi) is 4.96. The molecule has 0 unspecified atom stereocenters. The highest BCUT2D eigenvalue weighted by atomic mass is 35.5. The molecular weight excluding hydrogens is 346 g/mol. The third kappa shape index (κ3) is 3.99. The topological polar surface area (TPSA) is 62.3 Å². The van der Waals surface area contributed by atoms with E-state index in [0.29, 0.717) is 10.8 Å². The van der Waals surface area contributed by atoms with Crippen LogP contribution in [0.3, 0.4) is 0 Å². The molecule has 0 aliphatic carbocycles. The molecule has 0 spiro atoms. The number of benzene rings is 1. The van der Waals surface area contributed by atoms with Crippen LogP contribution in [0.1, 0.15) is 19.8 Å². The van der Waals surface area contributed by atoms with E-state index < -0.39 is 10.0 Å². The fourth-order valence-corrected chi connectivity index (χ4v) is 3.84. The van der Waals surface area contributed by atoms with Crippen LogP contribution < -0.4 is 9.62 Å². The largest absolute Gasteiger partial charge is 0.370 e. The summed E-state index contributed by atoms with van der Waals surface area (Å²) in [7, 11) is -3.66. The molecule has 1 saturated heterocycles. The summed E-state index contributed by atoms with van der Waals surface area (Å²) < 4.78 is 27.2. The van der Waals surface area contributed by atoms with Gasteiger partial charge in [-0.25, -0.2) is 13.4 Å². The molecule has 24 heavy (non-hydrogen) atoms. The molecule has 1 aliphatic heterocycles. The molecule has 128 valence electrons. The van der Waals surface area contributed by atoms with Crippen LogP contribution in [0.25, 0.3) is 0 Å². The molecule has 0 saturated carbocycles. The van der Waals surface area contributed by atoms with Gasteiger partial charge in [-0.05, 0) is 55.2 Å². The van der Waals surface area contributed by atoms with Crippen LogP contribution >= 0.6 is 11.6 Å². The zero-order valence-electron chi connectivity index (χ0n) is 13.4. The smallest absolute Gasteiger partial charge is 0.263 e. The molecule has 0 amide bonds. The third-order valence-electron chi connectivity index (χ3n) is 4.26. The maximum atomic E-state index is 12.3. The van der Waals surface area contributed by atoms with Gasteiger partial charge in [-0.1, -0.05) is 18.5 Å². The number of nitrogens with one attached hydrogen (secondary N) is 1. The molecule has 1 fully saturated rings. The van der Waals surface area contributed by atoms with Crippen LogP contribution in [-0.2, 0) is 10.0 Å². The number of pyridine rings is 1. The first-order chi connectivity index (χ1) is 11.4. The van der Waals surface area contributed by atoms with Crippen molar-refractivity contribution < 1.29 is 8.42 Å². The molecule has 0 bridgehead atoms. The van der Waals surface area contributed by atoms with Gasteiger partial charge < -0.3 is 4.90 Å². The molecule has 0 atom stereocenters. The number of hydrogen-bond donors (Lipinski definition) is 1. The summed E-state index contributed by atoms with van der Waals surface area (Å²) in [6.07, 6.45) is 4.06. The molecular formula is C17H20ClN3O2S. The fraction of sp³-hybridized carbons (Fsp3) is 0.353. The molecule has 1 aliphatic rings. The van der Waals surface area contributed by atoms with Crippen LogP contribution in [0.5, 0.6) is 0 Å². The normalized spacial score (nSPS) is 16.2. The fourth-order valence-electron chi connectivity index (χ4n) is 2.71. The van der Waals surface area contributed by atoms with Crippen molar-refractivity contribution in [2.24, 2.45) is 5.92 Å². The molecule has 1 aromatic carbocycles. The Morgan fingerprint density at radius 2 is 1.79 bits per heavy atom. The average Bonchev–Trinajstić information content (AvgIpc) is 2.56. The van der Waals surface area contributed by atoms with E-state index in [1.165, 1.54) is 25.0 Å². The van der Waals surface area contributed by atoms with Crippen molar-refractivity contribution in [3.05, 3.63) is 47.6 Å². The van der Waals surface area contributed by atoms with Gasteiger partial charge in [-0.2, -0.15) is 0 Å². The first-order valence-electron chi connectivity index (χ1n) is 7.93. The minimum atomic E-state index is -3.66. The highest BCUT2D eigenvalue weighted by Gasteiger charge is 2.17. The Hall–Kier alpha value is -1.79. The maximum absolute atomic E-state index is 12.3. The summed E-state index contributed by atoms with van der Waals surface area (Å²) in [5.41, 5.74) is 1.02. The van der Waals surface area contributed by atoms with Gasteiger partial charge in [0.15, 0.2) is 0 Å². The van der Waals surface area contributed by atoms with E-state index in [1.54, 1.807) is 24.4 Å². The van der Waals surface area contributed by atoms with Gasteiger partial charge in [0.2, 0.25) is 0 Å². The highest BCUT2D eigenvalue weighted by Crippen LogP contribution is 2.24. The lowest BCUT2D eigenvalue weighted by Crippen LogP contribution is -2.32. The zero-order valence-corrected chi connectivity index (χ0v) is 15.0. The minimum Gasteiger partial charge on any atom is -0.370 e. The van der Waals surface area contributed by atoms with Crippen molar-refractivity contribution in [3.8, 4) is 0 Å². The summed E-state index contributed by atoms with van der Waals surface area (Å²) in [4.78, 5) is 6.68. The van der Waals surface area contributed by atoms with Gasteiger partial charge in [0.25, 0.3) is 10.0 Å². The van der Waals surface area contributed by atoms with E-state index in [0.717, 1.165) is 24.7 Å². The second-order valence-electron chi connectivity index (χ2n) is 6.13. The monoisotopic (exact) mass is 365 g/mol. The number of nitrogens with zero attached hydrogens (tertiary/aromatic N) is 2. The number of hydrogen-bond acceptors (Lipinski definition) is 4. The van der Waals surface area contributed by atoms with Crippen molar-refractivity contribution in [1.82, 2.24) is 4.98 Å². The Labute approximate surface area is 147 Å². The summed E-state index contributed by atoms with van der Waals surface area (Å²) in [6.45, 7) is 4.29. The van der Waals surface area contributed by atoms with Gasteiger partial charge in [-0.3, -0.25) is 4.72 Å². The van der Waals surface area contributed by atoms with Crippen LogP contribution in [0.4, 0.5) is 11.5 Å².